The molecule has 2 N–H and O–H groups in total. The van der Waals surface area contributed by atoms with Crippen molar-refractivity contribution in [3.05, 3.63) is 64.8 Å². The van der Waals surface area contributed by atoms with Crippen molar-refractivity contribution in [3.63, 3.8) is 0 Å². The van der Waals surface area contributed by atoms with E-state index in [-0.39, 0.29) is 5.56 Å². The molecule has 4 nitrogen and oxygen atoms in total. The Hall–Kier alpha value is -2.49. The molecule has 0 aliphatic carbocycles. The Balaban J connectivity index is 1.91. The summed E-state index contributed by atoms with van der Waals surface area (Å²) in [6.45, 7) is 0.543. The van der Waals surface area contributed by atoms with Crippen molar-refractivity contribution < 1.29 is 4.42 Å². The normalized spacial score (nSPS) is 10.7. The fourth-order valence-corrected chi connectivity index (χ4v) is 1.90. The number of hydrogen-bond donors (Lipinski definition) is 2. The first-order chi connectivity index (χ1) is 8.83. The van der Waals surface area contributed by atoms with Gasteiger partial charge in [-0.25, -0.2) is 0 Å². The Bertz CT molecular complexity index is 714. The number of hydrogen-bond acceptors (Lipinski definition) is 3. The zero-order valence-electron chi connectivity index (χ0n) is 9.64. The van der Waals surface area contributed by atoms with Gasteiger partial charge in [0.2, 0.25) is 0 Å². The van der Waals surface area contributed by atoms with Crippen LogP contribution < -0.4 is 10.9 Å². The smallest absolute Gasteiger partial charge is 0.257 e. The predicted molar refractivity (Wildman–Crippen MR) is 70.6 cm³/mol. The summed E-state index contributed by atoms with van der Waals surface area (Å²) >= 11 is 0. The van der Waals surface area contributed by atoms with Gasteiger partial charge >= 0.3 is 0 Å². The van der Waals surface area contributed by atoms with E-state index in [0.717, 1.165) is 11.1 Å². The van der Waals surface area contributed by atoms with Crippen molar-refractivity contribution >= 4 is 16.6 Å². The molecule has 0 fully saturated rings. The maximum atomic E-state index is 11.8. The van der Waals surface area contributed by atoms with E-state index >= 15 is 0 Å². The molecule has 0 amide bonds. The van der Waals surface area contributed by atoms with Crippen LogP contribution in [0.2, 0.25) is 0 Å². The maximum Gasteiger partial charge on any atom is 0.257 e. The minimum absolute atomic E-state index is 0.0879. The maximum absolute atomic E-state index is 11.8. The number of pyridine rings is 1. The average Bonchev–Trinajstić information content (AvgIpc) is 2.90. The third-order valence-electron chi connectivity index (χ3n) is 2.79. The molecule has 2 aromatic heterocycles. The van der Waals surface area contributed by atoms with Gasteiger partial charge in [0.15, 0.2) is 0 Å². The lowest BCUT2D eigenvalue weighted by molar-refractivity contribution is 0.518. The van der Waals surface area contributed by atoms with E-state index in [0.29, 0.717) is 17.7 Å². The Labute approximate surface area is 103 Å². The SMILES string of the molecule is O=c1[nH]c(NCc2ccco2)cc2ccccc12. The van der Waals surface area contributed by atoms with Gasteiger partial charge in [0.1, 0.15) is 11.6 Å². The van der Waals surface area contributed by atoms with E-state index < -0.39 is 0 Å². The van der Waals surface area contributed by atoms with Crippen molar-refractivity contribution in [2.45, 2.75) is 6.54 Å². The Morgan fingerprint density at radius 2 is 2.06 bits per heavy atom. The molecule has 0 saturated carbocycles. The predicted octanol–water partition coefficient (Wildman–Crippen LogP) is 2.73. The summed E-state index contributed by atoms with van der Waals surface area (Å²) in [5.74, 6) is 1.51. The van der Waals surface area contributed by atoms with Gasteiger partial charge in [0.25, 0.3) is 5.56 Å². The number of nitrogens with one attached hydrogen (secondary N) is 2. The monoisotopic (exact) mass is 240 g/mol. The van der Waals surface area contributed by atoms with Crippen LogP contribution >= 0.6 is 0 Å². The number of rotatable bonds is 3. The van der Waals surface area contributed by atoms with Gasteiger partial charge in [0, 0.05) is 5.39 Å². The highest BCUT2D eigenvalue weighted by Gasteiger charge is 2.01. The van der Waals surface area contributed by atoms with Gasteiger partial charge in [0.05, 0.1) is 12.8 Å². The van der Waals surface area contributed by atoms with Crippen LogP contribution in [0.1, 0.15) is 5.76 Å². The number of benzene rings is 1. The van der Waals surface area contributed by atoms with Crippen molar-refractivity contribution in [2.24, 2.45) is 0 Å². The van der Waals surface area contributed by atoms with Crippen molar-refractivity contribution in [3.8, 4) is 0 Å². The van der Waals surface area contributed by atoms with Crippen LogP contribution in [0, 0.1) is 0 Å². The van der Waals surface area contributed by atoms with Crippen LogP contribution in [-0.4, -0.2) is 4.98 Å². The van der Waals surface area contributed by atoms with Crippen molar-refractivity contribution in [1.29, 1.82) is 0 Å². The first-order valence-electron chi connectivity index (χ1n) is 5.71. The number of furan rings is 1. The molecular weight excluding hydrogens is 228 g/mol. The summed E-state index contributed by atoms with van der Waals surface area (Å²) in [5, 5.41) is 4.75. The second-order valence-corrected chi connectivity index (χ2v) is 4.03. The van der Waals surface area contributed by atoms with E-state index in [4.69, 9.17) is 4.42 Å². The molecule has 0 spiro atoms. The fraction of sp³-hybridized carbons (Fsp3) is 0.0714. The highest BCUT2D eigenvalue weighted by atomic mass is 16.3. The summed E-state index contributed by atoms with van der Waals surface area (Å²) in [7, 11) is 0. The van der Waals surface area contributed by atoms with E-state index in [1.807, 2.05) is 42.5 Å². The number of H-pyrrole nitrogens is 1. The molecule has 3 rings (SSSR count). The Kier molecular flexibility index (Phi) is 2.61. The third kappa shape index (κ3) is 2.00. The molecule has 1 aromatic carbocycles. The van der Waals surface area contributed by atoms with E-state index in [1.54, 1.807) is 6.26 Å². The second kappa shape index (κ2) is 4.41. The summed E-state index contributed by atoms with van der Waals surface area (Å²) in [4.78, 5) is 14.6. The molecule has 18 heavy (non-hydrogen) atoms. The number of aromatic nitrogens is 1. The summed E-state index contributed by atoms with van der Waals surface area (Å²) in [6.07, 6.45) is 1.63. The van der Waals surface area contributed by atoms with Gasteiger partial charge in [-0.15, -0.1) is 0 Å². The van der Waals surface area contributed by atoms with Crippen LogP contribution in [0.3, 0.4) is 0 Å². The minimum Gasteiger partial charge on any atom is -0.467 e. The zero-order valence-corrected chi connectivity index (χ0v) is 9.64. The topological polar surface area (TPSA) is 58.0 Å². The number of fused-ring (bicyclic) bond motifs is 1. The third-order valence-corrected chi connectivity index (χ3v) is 2.79. The van der Waals surface area contributed by atoms with Crippen LogP contribution in [-0.2, 0) is 6.54 Å². The highest BCUT2D eigenvalue weighted by Crippen LogP contribution is 2.13. The fourth-order valence-electron chi connectivity index (χ4n) is 1.90. The molecule has 4 heteroatoms. The first kappa shape index (κ1) is 10.7. The van der Waals surface area contributed by atoms with Crippen molar-refractivity contribution in [1.82, 2.24) is 4.98 Å². The van der Waals surface area contributed by atoms with Gasteiger partial charge < -0.3 is 14.7 Å². The van der Waals surface area contributed by atoms with E-state index in [2.05, 4.69) is 10.3 Å². The van der Waals surface area contributed by atoms with Crippen molar-refractivity contribution in [2.75, 3.05) is 5.32 Å². The minimum atomic E-state index is -0.0879. The summed E-state index contributed by atoms with van der Waals surface area (Å²) in [6, 6.07) is 13.1. The molecule has 0 unspecified atom stereocenters. The lowest BCUT2D eigenvalue weighted by atomic mass is 10.2. The van der Waals surface area contributed by atoms with Gasteiger partial charge in [-0.3, -0.25) is 4.79 Å². The largest absolute Gasteiger partial charge is 0.467 e. The van der Waals surface area contributed by atoms with Gasteiger partial charge in [-0.2, -0.15) is 0 Å². The molecule has 0 aliphatic rings. The number of anilines is 1. The van der Waals surface area contributed by atoms with Crippen LogP contribution in [0.25, 0.3) is 10.8 Å². The van der Waals surface area contributed by atoms with Crippen LogP contribution in [0.15, 0.2) is 57.9 Å². The Morgan fingerprint density at radius 1 is 1.17 bits per heavy atom. The molecule has 0 aliphatic heterocycles. The number of aromatic amines is 1. The van der Waals surface area contributed by atoms with Crippen LogP contribution in [0.4, 0.5) is 5.82 Å². The van der Waals surface area contributed by atoms with E-state index in [9.17, 15) is 4.79 Å². The van der Waals surface area contributed by atoms with E-state index in [1.165, 1.54) is 0 Å². The van der Waals surface area contributed by atoms with Gasteiger partial charge in [-0.05, 0) is 29.7 Å². The molecule has 2 heterocycles. The summed E-state index contributed by atoms with van der Waals surface area (Å²) < 4.78 is 5.22. The second-order valence-electron chi connectivity index (χ2n) is 4.03. The summed E-state index contributed by atoms with van der Waals surface area (Å²) in [5.41, 5.74) is -0.0879. The molecule has 3 aromatic rings. The molecule has 90 valence electrons. The molecule has 0 bridgehead atoms. The molecule has 0 atom stereocenters. The Morgan fingerprint density at radius 3 is 2.89 bits per heavy atom. The standard InChI is InChI=1S/C14H12N2O2/c17-14-12-6-2-1-4-10(12)8-13(16-14)15-9-11-5-3-7-18-11/h1-8H,9H2,(H2,15,16,17). The molecule has 0 radical (unpaired) electrons. The highest BCUT2D eigenvalue weighted by molar-refractivity contribution is 5.83. The van der Waals surface area contributed by atoms with Gasteiger partial charge in [-0.1, -0.05) is 18.2 Å². The van der Waals surface area contributed by atoms with Crippen LogP contribution in [0.5, 0.6) is 0 Å². The average molecular weight is 240 g/mol. The zero-order chi connectivity index (χ0) is 12.4. The quantitative estimate of drug-likeness (QED) is 0.740. The molecular formula is C14H12N2O2. The lowest BCUT2D eigenvalue weighted by Crippen LogP contribution is -2.10. The lowest BCUT2D eigenvalue weighted by Gasteiger charge is -2.05. The first-order valence-corrected chi connectivity index (χ1v) is 5.71. The molecule has 0 saturated heterocycles.